The van der Waals surface area contributed by atoms with Crippen molar-refractivity contribution in [2.75, 3.05) is 11.9 Å². The Hall–Kier alpha value is -3.60. The van der Waals surface area contributed by atoms with E-state index >= 15 is 0 Å². The minimum Gasteiger partial charge on any atom is -0.441 e. The van der Waals surface area contributed by atoms with Crippen LogP contribution in [0.4, 0.5) is 42.9 Å². The first-order valence-electron chi connectivity index (χ1n) is 11.3. The summed E-state index contributed by atoms with van der Waals surface area (Å²) < 4.78 is 94.4. The van der Waals surface area contributed by atoms with Gasteiger partial charge < -0.3 is 20.1 Å². The van der Waals surface area contributed by atoms with Crippen molar-refractivity contribution in [3.63, 3.8) is 0 Å². The maximum atomic E-state index is 15.0. The summed E-state index contributed by atoms with van der Waals surface area (Å²) in [7, 11) is 0. The SMILES string of the molecule is CC1(NC(=O)O[C@H]2CO[C@@H](c3cc(Nc4nc(C(F)F)cc5nc(COC(F)(F)F)cn45)n[nH]3)[C@H]2F)CC1. The normalized spacial score (nSPS) is 22.7. The topological polar surface area (TPSA) is 128 Å². The Kier molecular flexibility index (Phi) is 6.58. The Balaban J connectivity index is 1.30. The lowest BCUT2D eigenvalue weighted by atomic mass is 10.1. The van der Waals surface area contributed by atoms with E-state index in [9.17, 15) is 31.1 Å². The zero-order valence-corrected chi connectivity index (χ0v) is 19.6. The monoisotopic (exact) mass is 549 g/mol. The molecule has 0 radical (unpaired) electrons. The van der Waals surface area contributed by atoms with Gasteiger partial charge in [0.15, 0.2) is 18.1 Å². The van der Waals surface area contributed by atoms with Gasteiger partial charge in [-0.25, -0.2) is 27.9 Å². The highest BCUT2D eigenvalue weighted by Gasteiger charge is 2.44. The van der Waals surface area contributed by atoms with Crippen molar-refractivity contribution in [2.45, 2.75) is 63.1 Å². The van der Waals surface area contributed by atoms with Crippen LogP contribution in [0.2, 0.25) is 0 Å². The lowest BCUT2D eigenvalue weighted by molar-refractivity contribution is -0.330. The Morgan fingerprint density at radius 1 is 1.32 bits per heavy atom. The van der Waals surface area contributed by atoms with Gasteiger partial charge in [-0.05, 0) is 19.8 Å². The number of fused-ring (bicyclic) bond motifs is 1. The summed E-state index contributed by atoms with van der Waals surface area (Å²) >= 11 is 0. The smallest absolute Gasteiger partial charge is 0.441 e. The van der Waals surface area contributed by atoms with Crippen LogP contribution in [0.3, 0.4) is 0 Å². The van der Waals surface area contributed by atoms with E-state index in [2.05, 4.69) is 35.5 Å². The molecule has 38 heavy (non-hydrogen) atoms. The Morgan fingerprint density at radius 2 is 2.08 bits per heavy atom. The van der Waals surface area contributed by atoms with Crippen LogP contribution in [0.1, 0.15) is 49.4 Å². The molecule has 1 saturated carbocycles. The van der Waals surface area contributed by atoms with Crippen molar-refractivity contribution in [3.8, 4) is 0 Å². The second-order valence-electron chi connectivity index (χ2n) is 9.16. The molecule has 206 valence electrons. The molecule has 17 heteroatoms. The first-order valence-corrected chi connectivity index (χ1v) is 11.3. The van der Waals surface area contributed by atoms with Gasteiger partial charge in [0.2, 0.25) is 5.95 Å². The van der Waals surface area contributed by atoms with Gasteiger partial charge in [-0.3, -0.25) is 14.2 Å². The molecule has 3 aromatic rings. The first kappa shape index (κ1) is 26.0. The number of aromatic nitrogens is 5. The number of anilines is 2. The van der Waals surface area contributed by atoms with Crippen molar-refractivity contribution in [3.05, 3.63) is 35.4 Å². The largest absolute Gasteiger partial charge is 0.522 e. The maximum absolute atomic E-state index is 15.0. The molecule has 3 aromatic heterocycles. The number of halogens is 6. The molecular formula is C21H21F6N7O4. The number of carbonyl (C=O) groups is 1. The molecule has 0 unspecified atom stereocenters. The molecule has 11 nitrogen and oxygen atoms in total. The number of alkyl carbamates (subject to hydrolysis) is 1. The van der Waals surface area contributed by atoms with Crippen LogP contribution < -0.4 is 10.6 Å². The summed E-state index contributed by atoms with van der Waals surface area (Å²) in [5.41, 5.74) is -1.17. The fourth-order valence-electron chi connectivity index (χ4n) is 3.81. The van der Waals surface area contributed by atoms with Crippen LogP contribution in [0.5, 0.6) is 0 Å². The fourth-order valence-corrected chi connectivity index (χ4v) is 3.81. The van der Waals surface area contributed by atoms with Gasteiger partial charge in [-0.2, -0.15) is 5.10 Å². The summed E-state index contributed by atoms with van der Waals surface area (Å²) in [5.74, 6) is -0.223. The molecule has 5 rings (SSSR count). The fraction of sp³-hybridized carbons (Fsp3) is 0.524. The quantitative estimate of drug-likeness (QED) is 0.357. The van der Waals surface area contributed by atoms with Crippen molar-refractivity contribution < 1.29 is 45.3 Å². The molecule has 2 fully saturated rings. The summed E-state index contributed by atoms with van der Waals surface area (Å²) in [5, 5.41) is 11.8. The van der Waals surface area contributed by atoms with Gasteiger partial charge in [-0.1, -0.05) is 0 Å². The predicted octanol–water partition coefficient (Wildman–Crippen LogP) is 4.23. The van der Waals surface area contributed by atoms with Crippen LogP contribution in [-0.2, 0) is 20.8 Å². The number of amides is 1. The van der Waals surface area contributed by atoms with Crippen LogP contribution in [-0.4, -0.2) is 61.4 Å². The van der Waals surface area contributed by atoms with Gasteiger partial charge in [0.25, 0.3) is 6.43 Å². The van der Waals surface area contributed by atoms with Crippen molar-refractivity contribution in [2.24, 2.45) is 0 Å². The van der Waals surface area contributed by atoms with Gasteiger partial charge in [0.05, 0.1) is 24.6 Å². The number of ether oxygens (including phenoxy) is 3. The zero-order valence-electron chi connectivity index (χ0n) is 19.6. The molecule has 1 aliphatic carbocycles. The molecule has 0 spiro atoms. The highest BCUT2D eigenvalue weighted by Crippen LogP contribution is 2.36. The average molecular weight is 549 g/mol. The maximum Gasteiger partial charge on any atom is 0.522 e. The first-order chi connectivity index (χ1) is 17.9. The second kappa shape index (κ2) is 9.61. The van der Waals surface area contributed by atoms with Gasteiger partial charge in [0.1, 0.15) is 17.4 Å². The standard InChI is InChI=1S/C21H21F6N7O4/c1-20(2-3-20)31-19(35)38-12-8-36-16(15(12)22)10-4-13(33-32-10)30-18-29-11(17(23)24)5-14-28-9(6-34(14)18)7-37-21(25,26)27/h4-6,12,15-17H,2-3,7-8H2,1H3,(H,31,35)(H2,29,30,32,33)/t12-,15-,16-/m0/s1. The van der Waals surface area contributed by atoms with E-state index < -0.39 is 49.6 Å². The number of carbonyl (C=O) groups excluding carboxylic acids is 1. The number of aromatic amines is 1. The molecule has 1 amide bonds. The molecule has 3 atom stereocenters. The van der Waals surface area contributed by atoms with Crippen LogP contribution in [0, 0.1) is 0 Å². The highest BCUT2D eigenvalue weighted by atomic mass is 19.4. The lowest BCUT2D eigenvalue weighted by Gasteiger charge is -2.17. The van der Waals surface area contributed by atoms with Crippen LogP contribution in [0.25, 0.3) is 5.65 Å². The molecule has 0 aromatic carbocycles. The Labute approximate surface area is 209 Å². The van der Waals surface area contributed by atoms with E-state index in [4.69, 9.17) is 9.47 Å². The number of hydrogen-bond acceptors (Lipinski definition) is 8. The summed E-state index contributed by atoms with van der Waals surface area (Å²) in [6.07, 6.45) is -9.96. The highest BCUT2D eigenvalue weighted by molar-refractivity contribution is 5.69. The van der Waals surface area contributed by atoms with Crippen molar-refractivity contribution >= 4 is 23.5 Å². The van der Waals surface area contributed by atoms with E-state index in [-0.39, 0.29) is 40.9 Å². The molecule has 0 bridgehead atoms. The molecule has 1 saturated heterocycles. The number of rotatable bonds is 8. The summed E-state index contributed by atoms with van der Waals surface area (Å²) in [6.45, 7) is 0.696. The minimum absolute atomic E-state index is 0.0153. The molecule has 3 N–H and O–H groups in total. The van der Waals surface area contributed by atoms with E-state index in [0.29, 0.717) is 0 Å². The molecule has 4 heterocycles. The van der Waals surface area contributed by atoms with Gasteiger partial charge >= 0.3 is 12.5 Å². The second-order valence-corrected chi connectivity index (χ2v) is 9.16. The van der Waals surface area contributed by atoms with E-state index in [1.165, 1.54) is 6.07 Å². The third kappa shape index (κ3) is 5.77. The zero-order chi connectivity index (χ0) is 27.2. The number of nitrogens with zero attached hydrogens (tertiary/aromatic N) is 4. The van der Waals surface area contributed by atoms with Gasteiger partial charge in [-0.15, -0.1) is 13.2 Å². The van der Waals surface area contributed by atoms with Crippen molar-refractivity contribution in [1.82, 2.24) is 29.9 Å². The molecule has 2 aliphatic rings. The predicted molar refractivity (Wildman–Crippen MR) is 115 cm³/mol. The van der Waals surface area contributed by atoms with Crippen molar-refractivity contribution in [1.29, 1.82) is 0 Å². The number of imidazole rings is 1. The third-order valence-corrected chi connectivity index (χ3v) is 6.02. The minimum atomic E-state index is -4.91. The molecular weight excluding hydrogens is 528 g/mol. The van der Waals surface area contributed by atoms with Crippen LogP contribution in [0.15, 0.2) is 18.3 Å². The average Bonchev–Trinajstić information content (AvgIpc) is 3.19. The van der Waals surface area contributed by atoms with E-state index in [1.54, 1.807) is 0 Å². The third-order valence-electron chi connectivity index (χ3n) is 6.02. The summed E-state index contributed by atoms with van der Waals surface area (Å²) in [6, 6.07) is 2.25. The lowest BCUT2D eigenvalue weighted by Crippen LogP contribution is -2.39. The number of alkyl halides is 6. The van der Waals surface area contributed by atoms with E-state index in [0.717, 1.165) is 29.5 Å². The number of nitrogens with one attached hydrogen (secondary N) is 3. The van der Waals surface area contributed by atoms with Gasteiger partial charge in [0, 0.05) is 23.9 Å². The number of H-pyrrole nitrogens is 1. The van der Waals surface area contributed by atoms with Crippen LogP contribution >= 0.6 is 0 Å². The summed E-state index contributed by atoms with van der Waals surface area (Å²) in [4.78, 5) is 19.7. The number of hydrogen-bond donors (Lipinski definition) is 3. The Morgan fingerprint density at radius 3 is 2.76 bits per heavy atom. The molecule has 1 aliphatic heterocycles. The Bertz CT molecular complexity index is 1330. The van der Waals surface area contributed by atoms with E-state index in [1.807, 2.05) is 6.92 Å².